The molecule has 0 fully saturated rings. The molecule has 0 radical (unpaired) electrons. The first-order chi connectivity index (χ1) is 8.76. The van der Waals surface area contributed by atoms with Crippen molar-refractivity contribution in [2.45, 2.75) is 20.8 Å². The van der Waals surface area contributed by atoms with Gasteiger partial charge in [0.15, 0.2) is 0 Å². The summed E-state index contributed by atoms with van der Waals surface area (Å²) in [5, 5.41) is 4.99. The van der Waals surface area contributed by atoms with Crippen molar-refractivity contribution in [2.75, 3.05) is 17.2 Å². The average molecular weight is 304 g/mol. The molecular weight excluding hydrogens is 285 g/mol. The van der Waals surface area contributed by atoms with Gasteiger partial charge in [0.05, 0.1) is 11.1 Å². The van der Waals surface area contributed by atoms with E-state index in [0.29, 0.717) is 5.69 Å². The molecule has 7 heteroatoms. The summed E-state index contributed by atoms with van der Waals surface area (Å²) in [6, 6.07) is 3.96. The van der Waals surface area contributed by atoms with Crippen LogP contribution in [-0.2, 0) is 9.59 Å². The lowest BCUT2D eigenvalue weighted by molar-refractivity contribution is -0.123. The molecule has 5 nitrogen and oxygen atoms in total. The van der Waals surface area contributed by atoms with Crippen LogP contribution in [0.2, 0.25) is 0 Å². The molecule has 0 aromatic heterocycles. The zero-order valence-electron chi connectivity index (χ0n) is 11.6. The molecule has 0 atom stereocenters. The van der Waals surface area contributed by atoms with Crippen molar-refractivity contribution in [2.24, 2.45) is 11.1 Å². The molecule has 1 rings (SSSR count). The number of carbonyl (C=O) groups is 2. The molecule has 0 aliphatic heterocycles. The third-order valence-electron chi connectivity index (χ3n) is 2.66. The van der Waals surface area contributed by atoms with Gasteiger partial charge in [0.25, 0.3) is 0 Å². The Bertz CT molecular complexity index is 506. The van der Waals surface area contributed by atoms with Gasteiger partial charge in [-0.15, -0.1) is 12.4 Å². The lowest BCUT2D eigenvalue weighted by atomic mass is 9.92. The highest BCUT2D eigenvalue weighted by Gasteiger charge is 2.25. The number of rotatable bonds is 4. The molecule has 0 bridgehead atoms. The second-order valence-electron chi connectivity index (χ2n) is 4.92. The van der Waals surface area contributed by atoms with Crippen LogP contribution in [0.4, 0.5) is 15.8 Å². The van der Waals surface area contributed by atoms with Gasteiger partial charge in [-0.05, 0) is 32.0 Å². The standard InChI is InChI=1S/C13H18FN3O2.ClH/c1-8(18)16-11-6-9(4-5-10(11)14)17-12(19)13(2,3)7-15;/h4-6H,7,15H2,1-3H3,(H,16,18)(H,17,19);1H. The van der Waals surface area contributed by atoms with Gasteiger partial charge in [0.2, 0.25) is 11.8 Å². The van der Waals surface area contributed by atoms with Crippen molar-refractivity contribution in [3.05, 3.63) is 24.0 Å². The molecule has 112 valence electrons. The fourth-order valence-corrected chi connectivity index (χ4v) is 1.28. The summed E-state index contributed by atoms with van der Waals surface area (Å²) < 4.78 is 13.4. The van der Waals surface area contributed by atoms with E-state index < -0.39 is 11.2 Å². The Balaban J connectivity index is 0.00000361. The van der Waals surface area contributed by atoms with Crippen molar-refractivity contribution in [1.29, 1.82) is 0 Å². The molecule has 0 aliphatic rings. The minimum Gasteiger partial charge on any atom is -0.329 e. The lowest BCUT2D eigenvalue weighted by Gasteiger charge is -2.21. The van der Waals surface area contributed by atoms with Gasteiger partial charge in [-0.2, -0.15) is 0 Å². The smallest absolute Gasteiger partial charge is 0.231 e. The van der Waals surface area contributed by atoms with Crippen LogP contribution in [0.15, 0.2) is 18.2 Å². The average Bonchev–Trinajstić information content (AvgIpc) is 2.32. The minimum atomic E-state index is -0.720. The largest absolute Gasteiger partial charge is 0.329 e. The van der Waals surface area contributed by atoms with Gasteiger partial charge < -0.3 is 16.4 Å². The molecule has 2 amide bonds. The van der Waals surface area contributed by atoms with Crippen LogP contribution >= 0.6 is 12.4 Å². The van der Waals surface area contributed by atoms with Crippen LogP contribution < -0.4 is 16.4 Å². The van der Waals surface area contributed by atoms with Gasteiger partial charge in [-0.3, -0.25) is 9.59 Å². The van der Waals surface area contributed by atoms with Crippen molar-refractivity contribution in [3.63, 3.8) is 0 Å². The summed E-state index contributed by atoms with van der Waals surface area (Å²) in [5.41, 5.74) is 5.21. The fourth-order valence-electron chi connectivity index (χ4n) is 1.28. The molecule has 1 aromatic carbocycles. The highest BCUT2D eigenvalue weighted by Crippen LogP contribution is 2.22. The summed E-state index contributed by atoms with van der Waals surface area (Å²) in [6.45, 7) is 4.89. The Labute approximate surface area is 123 Å². The van der Waals surface area contributed by atoms with Gasteiger partial charge >= 0.3 is 0 Å². The van der Waals surface area contributed by atoms with E-state index in [1.165, 1.54) is 25.1 Å². The van der Waals surface area contributed by atoms with Crippen LogP contribution in [0.3, 0.4) is 0 Å². The molecule has 0 saturated heterocycles. The molecule has 0 aliphatic carbocycles. The zero-order valence-corrected chi connectivity index (χ0v) is 12.4. The van der Waals surface area contributed by atoms with E-state index in [1.54, 1.807) is 13.8 Å². The van der Waals surface area contributed by atoms with Crippen LogP contribution in [0.25, 0.3) is 0 Å². The maximum absolute atomic E-state index is 13.4. The van der Waals surface area contributed by atoms with Gasteiger partial charge in [0, 0.05) is 19.2 Å². The Morgan fingerprint density at radius 3 is 2.40 bits per heavy atom. The summed E-state index contributed by atoms with van der Waals surface area (Å²) in [4.78, 5) is 22.8. The van der Waals surface area contributed by atoms with E-state index in [4.69, 9.17) is 5.73 Å². The van der Waals surface area contributed by atoms with Crippen LogP contribution in [-0.4, -0.2) is 18.4 Å². The van der Waals surface area contributed by atoms with Crippen LogP contribution in [0.5, 0.6) is 0 Å². The summed E-state index contributed by atoms with van der Waals surface area (Å²) in [6.07, 6.45) is 0. The fraction of sp³-hybridized carbons (Fsp3) is 0.385. The van der Waals surface area contributed by atoms with Crippen molar-refractivity contribution >= 4 is 35.6 Å². The molecule has 20 heavy (non-hydrogen) atoms. The third-order valence-corrected chi connectivity index (χ3v) is 2.66. The first-order valence-corrected chi connectivity index (χ1v) is 5.85. The molecule has 0 heterocycles. The first kappa shape index (κ1) is 18.3. The molecule has 0 saturated carbocycles. The maximum Gasteiger partial charge on any atom is 0.231 e. The highest BCUT2D eigenvalue weighted by molar-refractivity contribution is 5.96. The van der Waals surface area contributed by atoms with Crippen LogP contribution in [0, 0.1) is 11.2 Å². The van der Waals surface area contributed by atoms with Gasteiger partial charge in [0.1, 0.15) is 5.82 Å². The second kappa shape index (κ2) is 7.21. The number of halogens is 2. The minimum absolute atomic E-state index is 0. The molecule has 4 N–H and O–H groups in total. The van der Waals surface area contributed by atoms with Gasteiger partial charge in [-0.1, -0.05) is 0 Å². The number of amides is 2. The summed E-state index contributed by atoms with van der Waals surface area (Å²) in [7, 11) is 0. The molecular formula is C13H19ClFN3O2. The summed E-state index contributed by atoms with van der Waals surface area (Å²) >= 11 is 0. The number of carbonyl (C=O) groups excluding carboxylic acids is 2. The number of hydrogen-bond donors (Lipinski definition) is 3. The number of nitrogens with one attached hydrogen (secondary N) is 2. The number of hydrogen-bond acceptors (Lipinski definition) is 3. The number of nitrogens with two attached hydrogens (primary N) is 1. The third kappa shape index (κ3) is 4.79. The first-order valence-electron chi connectivity index (χ1n) is 5.85. The van der Waals surface area contributed by atoms with E-state index in [1.807, 2.05) is 0 Å². The van der Waals surface area contributed by atoms with Crippen molar-refractivity contribution in [3.8, 4) is 0 Å². The van der Waals surface area contributed by atoms with Crippen molar-refractivity contribution in [1.82, 2.24) is 0 Å². The molecule has 0 spiro atoms. The van der Waals surface area contributed by atoms with E-state index >= 15 is 0 Å². The second-order valence-corrected chi connectivity index (χ2v) is 4.92. The quantitative estimate of drug-likeness (QED) is 0.796. The molecule has 1 aromatic rings. The predicted molar refractivity (Wildman–Crippen MR) is 79.4 cm³/mol. The number of anilines is 2. The topological polar surface area (TPSA) is 84.2 Å². The van der Waals surface area contributed by atoms with E-state index in [2.05, 4.69) is 10.6 Å². The SMILES string of the molecule is CC(=O)Nc1cc(NC(=O)C(C)(C)CN)ccc1F.Cl. The van der Waals surface area contributed by atoms with E-state index in [9.17, 15) is 14.0 Å². The normalized spacial score (nSPS) is 10.4. The van der Waals surface area contributed by atoms with E-state index in [0.717, 1.165) is 0 Å². The lowest BCUT2D eigenvalue weighted by Crippen LogP contribution is -2.37. The predicted octanol–water partition coefficient (Wildman–Crippen LogP) is 2.13. The monoisotopic (exact) mass is 303 g/mol. The Morgan fingerprint density at radius 2 is 1.90 bits per heavy atom. The summed E-state index contributed by atoms with van der Waals surface area (Å²) in [5.74, 6) is -1.22. The van der Waals surface area contributed by atoms with E-state index in [-0.39, 0.29) is 36.5 Å². The van der Waals surface area contributed by atoms with Gasteiger partial charge in [-0.25, -0.2) is 4.39 Å². The Kier molecular flexibility index (Phi) is 6.61. The Hall–Kier alpha value is -1.66. The highest BCUT2D eigenvalue weighted by atomic mass is 35.5. The van der Waals surface area contributed by atoms with Crippen LogP contribution in [0.1, 0.15) is 20.8 Å². The maximum atomic E-state index is 13.4. The van der Waals surface area contributed by atoms with Crippen molar-refractivity contribution < 1.29 is 14.0 Å². The zero-order chi connectivity index (χ0) is 14.6. The Morgan fingerprint density at radius 1 is 1.30 bits per heavy atom. The molecule has 0 unspecified atom stereocenters. The number of benzene rings is 1.